The fourth-order valence-corrected chi connectivity index (χ4v) is 3.54. The number of carbonyl (C=O) groups is 1. The summed E-state index contributed by atoms with van der Waals surface area (Å²) in [5, 5.41) is 0. The maximum atomic E-state index is 12.8. The highest BCUT2D eigenvalue weighted by Gasteiger charge is 2.40. The summed E-state index contributed by atoms with van der Waals surface area (Å²) in [6.07, 6.45) is 2.67. The number of para-hydroxylation sites is 1. The molecule has 0 atom stereocenters. The van der Waals surface area contributed by atoms with Gasteiger partial charge in [-0.15, -0.1) is 0 Å². The first-order valence-electron chi connectivity index (χ1n) is 9.11. The van der Waals surface area contributed by atoms with Crippen LogP contribution < -0.4 is 19.9 Å². The highest BCUT2D eigenvalue weighted by Crippen LogP contribution is 2.38. The van der Waals surface area contributed by atoms with Gasteiger partial charge in [0.25, 0.3) is 0 Å². The molecule has 0 aliphatic carbocycles. The lowest BCUT2D eigenvalue weighted by atomic mass is 9.89. The summed E-state index contributed by atoms with van der Waals surface area (Å²) in [6.45, 7) is 2.38. The molecule has 2 aliphatic heterocycles. The number of rotatable bonds is 5. The smallest absolute Gasteiger partial charge is 0.242 e. The van der Waals surface area contributed by atoms with E-state index in [-0.39, 0.29) is 12.0 Å². The van der Waals surface area contributed by atoms with Crippen molar-refractivity contribution in [3.05, 3.63) is 18.2 Å². The molecule has 0 radical (unpaired) electrons. The second-order valence-corrected chi connectivity index (χ2v) is 6.87. The van der Waals surface area contributed by atoms with Gasteiger partial charge in [0.05, 0.1) is 19.8 Å². The minimum atomic E-state index is -0.780. The Morgan fingerprint density at radius 2 is 1.73 bits per heavy atom. The quantitative estimate of drug-likeness (QED) is 0.854. The fourth-order valence-electron chi connectivity index (χ4n) is 3.54. The molecule has 2 saturated heterocycles. The number of hydrogen-bond acceptors (Lipinski definition) is 6. The molecule has 0 aromatic heterocycles. The van der Waals surface area contributed by atoms with E-state index in [0.717, 1.165) is 12.8 Å². The summed E-state index contributed by atoms with van der Waals surface area (Å²) < 4.78 is 22.3. The molecule has 26 heavy (non-hydrogen) atoms. The SMILES string of the molecule is COc1cccc(OC)c1OC1CCN(C(=O)C2(N)CCOCC2)CC1. The maximum Gasteiger partial charge on any atom is 0.242 e. The summed E-state index contributed by atoms with van der Waals surface area (Å²) in [7, 11) is 3.22. The predicted octanol–water partition coefficient (Wildman–Crippen LogP) is 1.58. The van der Waals surface area contributed by atoms with Gasteiger partial charge in [0.2, 0.25) is 11.7 Å². The highest BCUT2D eigenvalue weighted by atomic mass is 16.5. The van der Waals surface area contributed by atoms with Crippen LogP contribution >= 0.6 is 0 Å². The zero-order valence-electron chi connectivity index (χ0n) is 15.5. The van der Waals surface area contributed by atoms with Crippen LogP contribution in [0.25, 0.3) is 0 Å². The molecule has 2 fully saturated rings. The van der Waals surface area contributed by atoms with Crippen molar-refractivity contribution >= 4 is 5.91 Å². The van der Waals surface area contributed by atoms with Crippen LogP contribution in [-0.4, -0.2) is 63.0 Å². The number of piperidine rings is 1. The molecular weight excluding hydrogens is 336 g/mol. The van der Waals surface area contributed by atoms with E-state index in [1.807, 2.05) is 23.1 Å². The van der Waals surface area contributed by atoms with Gasteiger partial charge in [0, 0.05) is 39.1 Å². The highest BCUT2D eigenvalue weighted by molar-refractivity contribution is 5.86. The topological polar surface area (TPSA) is 83.2 Å². The normalized spacial score (nSPS) is 20.5. The van der Waals surface area contributed by atoms with E-state index in [2.05, 4.69) is 0 Å². The summed E-state index contributed by atoms with van der Waals surface area (Å²) in [6, 6.07) is 5.56. The molecule has 2 heterocycles. The Morgan fingerprint density at radius 1 is 1.15 bits per heavy atom. The van der Waals surface area contributed by atoms with E-state index in [1.165, 1.54) is 0 Å². The van der Waals surface area contributed by atoms with Gasteiger partial charge in [0.1, 0.15) is 6.10 Å². The maximum absolute atomic E-state index is 12.8. The Labute approximate surface area is 154 Å². The summed E-state index contributed by atoms with van der Waals surface area (Å²) in [5.41, 5.74) is 5.55. The van der Waals surface area contributed by atoms with Crippen LogP contribution in [-0.2, 0) is 9.53 Å². The molecule has 0 unspecified atom stereocenters. The first-order valence-corrected chi connectivity index (χ1v) is 9.11. The summed E-state index contributed by atoms with van der Waals surface area (Å²) in [4.78, 5) is 14.7. The van der Waals surface area contributed by atoms with Crippen molar-refractivity contribution in [2.75, 3.05) is 40.5 Å². The van der Waals surface area contributed by atoms with E-state index in [1.54, 1.807) is 14.2 Å². The van der Waals surface area contributed by atoms with Crippen molar-refractivity contribution in [3.63, 3.8) is 0 Å². The van der Waals surface area contributed by atoms with Crippen molar-refractivity contribution in [1.82, 2.24) is 4.90 Å². The summed E-state index contributed by atoms with van der Waals surface area (Å²) >= 11 is 0. The monoisotopic (exact) mass is 364 g/mol. The van der Waals surface area contributed by atoms with Crippen molar-refractivity contribution in [3.8, 4) is 17.2 Å². The van der Waals surface area contributed by atoms with Crippen LogP contribution in [0, 0.1) is 0 Å². The van der Waals surface area contributed by atoms with E-state index < -0.39 is 5.54 Å². The van der Waals surface area contributed by atoms with Crippen molar-refractivity contribution in [2.24, 2.45) is 5.73 Å². The molecule has 2 N–H and O–H groups in total. The molecule has 2 aliphatic rings. The molecule has 7 heteroatoms. The standard InChI is InChI=1S/C19H28N2O5/c1-23-15-4-3-5-16(24-2)17(15)26-14-6-10-21(11-7-14)18(22)19(20)8-12-25-13-9-19/h3-5,14H,6-13,20H2,1-2H3. The van der Waals surface area contributed by atoms with Gasteiger partial charge in [-0.2, -0.15) is 0 Å². The zero-order chi connectivity index (χ0) is 18.6. The Balaban J connectivity index is 1.60. The minimum absolute atomic E-state index is 0.00710. The van der Waals surface area contributed by atoms with E-state index in [4.69, 9.17) is 24.7 Å². The van der Waals surface area contributed by atoms with Crippen molar-refractivity contribution < 1.29 is 23.7 Å². The van der Waals surface area contributed by atoms with Gasteiger partial charge >= 0.3 is 0 Å². The second kappa shape index (κ2) is 8.14. The Hall–Kier alpha value is -1.99. The Morgan fingerprint density at radius 3 is 2.27 bits per heavy atom. The third-order valence-electron chi connectivity index (χ3n) is 5.21. The average molecular weight is 364 g/mol. The fraction of sp³-hybridized carbons (Fsp3) is 0.632. The van der Waals surface area contributed by atoms with Gasteiger partial charge < -0.3 is 29.6 Å². The number of carbonyl (C=O) groups excluding carboxylic acids is 1. The number of ether oxygens (including phenoxy) is 4. The lowest BCUT2D eigenvalue weighted by Gasteiger charge is -2.39. The number of hydrogen-bond donors (Lipinski definition) is 1. The molecule has 1 aromatic carbocycles. The Kier molecular flexibility index (Phi) is 5.88. The van der Waals surface area contributed by atoms with E-state index in [9.17, 15) is 4.79 Å². The zero-order valence-corrected chi connectivity index (χ0v) is 15.5. The number of benzene rings is 1. The molecule has 0 saturated carbocycles. The molecular formula is C19H28N2O5. The van der Waals surface area contributed by atoms with Crippen molar-refractivity contribution in [2.45, 2.75) is 37.3 Å². The molecule has 1 amide bonds. The molecule has 0 bridgehead atoms. The van der Waals surface area contributed by atoms with Crippen LogP contribution in [0.15, 0.2) is 18.2 Å². The average Bonchev–Trinajstić information content (AvgIpc) is 2.68. The number of methoxy groups -OCH3 is 2. The van der Waals surface area contributed by atoms with Crippen LogP contribution in [0.3, 0.4) is 0 Å². The number of likely N-dealkylation sites (tertiary alicyclic amines) is 1. The van der Waals surface area contributed by atoms with Gasteiger partial charge in [0.15, 0.2) is 11.5 Å². The van der Waals surface area contributed by atoms with Gasteiger partial charge in [-0.3, -0.25) is 4.79 Å². The third-order valence-corrected chi connectivity index (χ3v) is 5.21. The van der Waals surface area contributed by atoms with Gasteiger partial charge in [-0.05, 0) is 25.0 Å². The minimum Gasteiger partial charge on any atom is -0.493 e. The van der Waals surface area contributed by atoms with E-state index in [0.29, 0.717) is 56.4 Å². The lowest BCUT2D eigenvalue weighted by Crippen LogP contribution is -2.59. The predicted molar refractivity (Wildman–Crippen MR) is 96.7 cm³/mol. The first kappa shape index (κ1) is 18.8. The number of nitrogens with two attached hydrogens (primary N) is 1. The van der Waals surface area contributed by atoms with Gasteiger partial charge in [-0.1, -0.05) is 6.07 Å². The second-order valence-electron chi connectivity index (χ2n) is 6.87. The van der Waals surface area contributed by atoms with Crippen LogP contribution in [0.2, 0.25) is 0 Å². The molecule has 3 rings (SSSR count). The number of nitrogens with zero attached hydrogens (tertiary/aromatic N) is 1. The molecule has 7 nitrogen and oxygen atoms in total. The van der Waals surface area contributed by atoms with Crippen LogP contribution in [0.4, 0.5) is 0 Å². The Bertz CT molecular complexity index is 600. The molecule has 0 spiro atoms. The lowest BCUT2D eigenvalue weighted by molar-refractivity contribution is -0.142. The largest absolute Gasteiger partial charge is 0.493 e. The first-order chi connectivity index (χ1) is 12.6. The van der Waals surface area contributed by atoms with Crippen LogP contribution in [0.5, 0.6) is 17.2 Å². The van der Waals surface area contributed by atoms with Crippen molar-refractivity contribution in [1.29, 1.82) is 0 Å². The molecule has 1 aromatic rings. The summed E-state index contributed by atoms with van der Waals surface area (Å²) in [5.74, 6) is 1.94. The third kappa shape index (κ3) is 3.88. The van der Waals surface area contributed by atoms with Gasteiger partial charge in [-0.25, -0.2) is 0 Å². The van der Waals surface area contributed by atoms with Crippen LogP contribution in [0.1, 0.15) is 25.7 Å². The molecule has 144 valence electrons. The number of amides is 1. The van der Waals surface area contributed by atoms with E-state index >= 15 is 0 Å².